The van der Waals surface area contributed by atoms with Gasteiger partial charge in [0.1, 0.15) is 12.1 Å². The molecule has 0 radical (unpaired) electrons. The number of benzene rings is 1. The molecule has 1 fully saturated rings. The predicted octanol–water partition coefficient (Wildman–Crippen LogP) is 4.19. The summed E-state index contributed by atoms with van der Waals surface area (Å²) in [6.45, 7) is 12.3. The summed E-state index contributed by atoms with van der Waals surface area (Å²) in [6.07, 6.45) is 6.41. The minimum atomic E-state index is 0.176. The van der Waals surface area contributed by atoms with E-state index in [2.05, 4.69) is 66.4 Å². The quantitative estimate of drug-likeness (QED) is 0.799. The Labute approximate surface area is 180 Å². The van der Waals surface area contributed by atoms with Crippen LogP contribution in [0.4, 0.5) is 11.5 Å². The molecule has 0 amide bonds. The van der Waals surface area contributed by atoms with Crippen molar-refractivity contribution in [1.29, 1.82) is 0 Å². The summed E-state index contributed by atoms with van der Waals surface area (Å²) in [6, 6.07) is 7.77. The zero-order valence-corrected chi connectivity index (χ0v) is 18.8. The average molecular weight is 406 g/mol. The molecule has 1 aliphatic carbocycles. The van der Waals surface area contributed by atoms with Gasteiger partial charge in [0.15, 0.2) is 0 Å². The third-order valence-corrected chi connectivity index (χ3v) is 7.75. The van der Waals surface area contributed by atoms with Gasteiger partial charge in [0.05, 0.1) is 0 Å². The Balaban J connectivity index is 1.68. The number of aromatic nitrogens is 2. The largest absolute Gasteiger partial charge is 0.322 e. The van der Waals surface area contributed by atoms with Crippen molar-refractivity contribution in [2.24, 2.45) is 0 Å². The van der Waals surface area contributed by atoms with E-state index in [0.717, 1.165) is 31.9 Å². The van der Waals surface area contributed by atoms with Crippen LogP contribution in [0.2, 0.25) is 0 Å². The van der Waals surface area contributed by atoms with E-state index < -0.39 is 0 Å². The second-order valence-electron chi connectivity index (χ2n) is 9.80. The van der Waals surface area contributed by atoms with Crippen LogP contribution in [0.3, 0.4) is 0 Å². The van der Waals surface area contributed by atoms with E-state index in [4.69, 9.17) is 4.98 Å². The van der Waals surface area contributed by atoms with Crippen molar-refractivity contribution in [3.8, 4) is 0 Å². The number of rotatable bonds is 4. The molecular weight excluding hydrogens is 370 g/mol. The van der Waals surface area contributed by atoms with Crippen molar-refractivity contribution in [2.45, 2.75) is 83.3 Å². The molecule has 30 heavy (non-hydrogen) atoms. The molecule has 5 heteroatoms. The molecule has 2 N–H and O–H groups in total. The summed E-state index contributed by atoms with van der Waals surface area (Å²) >= 11 is 0. The lowest BCUT2D eigenvalue weighted by Crippen LogP contribution is -2.48. The van der Waals surface area contributed by atoms with Crippen LogP contribution in [-0.4, -0.2) is 35.1 Å². The summed E-state index contributed by atoms with van der Waals surface area (Å²) in [7, 11) is 0. The van der Waals surface area contributed by atoms with Gasteiger partial charge in [-0.1, -0.05) is 32.9 Å². The predicted molar refractivity (Wildman–Crippen MR) is 123 cm³/mol. The molecule has 5 nitrogen and oxygen atoms in total. The van der Waals surface area contributed by atoms with E-state index in [1.807, 2.05) is 0 Å². The van der Waals surface area contributed by atoms with Gasteiger partial charge in [0.2, 0.25) is 0 Å². The van der Waals surface area contributed by atoms with Crippen molar-refractivity contribution in [2.75, 3.05) is 18.0 Å². The maximum atomic E-state index is 4.90. The third kappa shape index (κ3) is 2.97. The molecule has 2 atom stereocenters. The lowest BCUT2D eigenvalue weighted by Gasteiger charge is -2.41. The van der Waals surface area contributed by atoms with Crippen molar-refractivity contribution in [3.05, 3.63) is 46.9 Å². The Morgan fingerprint density at radius 2 is 2.00 bits per heavy atom. The molecule has 5 rings (SSSR count). The highest BCUT2D eigenvalue weighted by atomic mass is 15.3. The van der Waals surface area contributed by atoms with Gasteiger partial charge in [-0.3, -0.25) is 0 Å². The Hall–Kier alpha value is -1.98. The van der Waals surface area contributed by atoms with Crippen LogP contribution in [0.1, 0.15) is 75.3 Å². The fourth-order valence-corrected chi connectivity index (χ4v) is 6.14. The van der Waals surface area contributed by atoms with Crippen LogP contribution in [0.25, 0.3) is 0 Å². The van der Waals surface area contributed by atoms with Crippen LogP contribution in [0.5, 0.6) is 0 Å². The van der Waals surface area contributed by atoms with E-state index in [-0.39, 0.29) is 5.41 Å². The van der Waals surface area contributed by atoms with Gasteiger partial charge in [-0.05, 0) is 68.8 Å². The monoisotopic (exact) mass is 405 g/mol. The molecule has 1 aromatic carbocycles. The summed E-state index contributed by atoms with van der Waals surface area (Å²) in [5.41, 5.74) is 7.20. The average Bonchev–Trinajstić information content (AvgIpc) is 3.24. The van der Waals surface area contributed by atoms with E-state index in [1.54, 1.807) is 11.9 Å². The lowest BCUT2D eigenvalue weighted by molar-refractivity contribution is 0.279. The molecular formula is C25H35N5. The highest BCUT2D eigenvalue weighted by Crippen LogP contribution is 2.55. The van der Waals surface area contributed by atoms with Gasteiger partial charge >= 0.3 is 0 Å². The van der Waals surface area contributed by atoms with E-state index in [1.165, 1.54) is 41.8 Å². The van der Waals surface area contributed by atoms with E-state index >= 15 is 0 Å². The number of aryl methyl sites for hydroxylation is 1. The zero-order chi connectivity index (χ0) is 20.9. The Kier molecular flexibility index (Phi) is 5.06. The molecule has 160 valence electrons. The van der Waals surface area contributed by atoms with Gasteiger partial charge < -0.3 is 15.5 Å². The smallest absolute Gasteiger partial charge is 0.140 e. The van der Waals surface area contributed by atoms with Crippen molar-refractivity contribution in [3.63, 3.8) is 0 Å². The first-order chi connectivity index (χ1) is 14.5. The Bertz CT molecular complexity index is 931. The minimum Gasteiger partial charge on any atom is -0.322 e. The SMILES string of the molecule is CC(C)NCc1cccc2c1C1(CCNCC1)[C@@H](C)N2c1ncnc2c1[C@H](C)CC2. The van der Waals surface area contributed by atoms with Crippen molar-refractivity contribution >= 4 is 11.5 Å². The molecule has 0 bridgehead atoms. The number of hydrogen-bond acceptors (Lipinski definition) is 5. The van der Waals surface area contributed by atoms with Crippen LogP contribution in [0.15, 0.2) is 24.5 Å². The molecule has 1 aromatic heterocycles. The number of hydrogen-bond donors (Lipinski definition) is 2. The number of nitrogens with one attached hydrogen (secondary N) is 2. The molecule has 0 saturated carbocycles. The normalized spacial score (nSPS) is 24.5. The van der Waals surface area contributed by atoms with Crippen molar-refractivity contribution in [1.82, 2.24) is 20.6 Å². The maximum Gasteiger partial charge on any atom is 0.140 e. The van der Waals surface area contributed by atoms with Crippen LogP contribution in [-0.2, 0) is 18.4 Å². The van der Waals surface area contributed by atoms with Crippen LogP contribution < -0.4 is 15.5 Å². The molecule has 1 saturated heterocycles. The minimum absolute atomic E-state index is 0.176. The van der Waals surface area contributed by atoms with Gasteiger partial charge in [-0.2, -0.15) is 0 Å². The Morgan fingerprint density at radius 1 is 1.20 bits per heavy atom. The summed E-state index contributed by atoms with van der Waals surface area (Å²) in [5.74, 6) is 1.69. The fraction of sp³-hybridized carbons (Fsp3) is 0.600. The first-order valence-corrected chi connectivity index (χ1v) is 11.7. The lowest BCUT2D eigenvalue weighted by atomic mass is 9.69. The molecule has 3 aliphatic rings. The van der Waals surface area contributed by atoms with E-state index in [9.17, 15) is 0 Å². The van der Waals surface area contributed by atoms with Crippen molar-refractivity contribution < 1.29 is 0 Å². The van der Waals surface area contributed by atoms with E-state index in [0.29, 0.717) is 18.0 Å². The number of nitrogens with zero attached hydrogens (tertiary/aromatic N) is 3. The van der Waals surface area contributed by atoms with Gasteiger partial charge in [0.25, 0.3) is 0 Å². The summed E-state index contributed by atoms with van der Waals surface area (Å²) < 4.78 is 0. The Morgan fingerprint density at radius 3 is 2.77 bits per heavy atom. The standard InChI is InChI=1S/C25H35N5/c1-16(2)27-14-19-6-5-7-21-23(19)25(10-12-26-13-11-25)18(4)30(21)24-22-17(3)8-9-20(22)28-15-29-24/h5-7,15-18,26-27H,8-14H2,1-4H3/t17-,18-/m1/s1. The second-order valence-corrected chi connectivity index (χ2v) is 9.80. The van der Waals surface area contributed by atoms with Crippen LogP contribution >= 0.6 is 0 Å². The third-order valence-electron chi connectivity index (χ3n) is 7.75. The summed E-state index contributed by atoms with van der Waals surface area (Å²) in [5, 5.41) is 7.27. The number of fused-ring (bicyclic) bond motifs is 3. The van der Waals surface area contributed by atoms with Gasteiger partial charge in [0, 0.05) is 41.0 Å². The fourth-order valence-electron chi connectivity index (χ4n) is 6.14. The van der Waals surface area contributed by atoms with Gasteiger partial charge in [-0.25, -0.2) is 9.97 Å². The first-order valence-electron chi connectivity index (χ1n) is 11.7. The maximum absolute atomic E-state index is 4.90. The molecule has 2 aromatic rings. The highest BCUT2D eigenvalue weighted by molar-refractivity contribution is 5.76. The molecule has 0 unspecified atom stereocenters. The van der Waals surface area contributed by atoms with Crippen LogP contribution in [0, 0.1) is 0 Å². The topological polar surface area (TPSA) is 53.1 Å². The zero-order valence-electron chi connectivity index (χ0n) is 18.8. The number of piperidine rings is 1. The summed E-state index contributed by atoms with van der Waals surface area (Å²) in [4.78, 5) is 12.1. The van der Waals surface area contributed by atoms with Gasteiger partial charge in [-0.15, -0.1) is 0 Å². The molecule has 3 heterocycles. The molecule has 2 aliphatic heterocycles. The number of anilines is 2. The highest BCUT2D eigenvalue weighted by Gasteiger charge is 2.51. The first kappa shape index (κ1) is 20.0. The second kappa shape index (κ2) is 7.61. The molecule has 1 spiro atoms.